The summed E-state index contributed by atoms with van der Waals surface area (Å²) in [4.78, 5) is 0. The smallest absolute Gasteiger partial charge is 0.161 e. The van der Waals surface area contributed by atoms with E-state index in [1.165, 1.54) is 0 Å². The summed E-state index contributed by atoms with van der Waals surface area (Å²) in [6.45, 7) is 3.30. The van der Waals surface area contributed by atoms with E-state index in [1.54, 1.807) is 12.1 Å². The first-order valence-corrected chi connectivity index (χ1v) is 9.60. The molecule has 6 nitrogen and oxygen atoms in total. The average molecular weight is 390 g/mol. The van der Waals surface area contributed by atoms with E-state index in [9.17, 15) is 5.11 Å². The molecule has 2 aromatic carbocycles. The Morgan fingerprint density at radius 2 is 1.89 bits per heavy atom. The zero-order valence-corrected chi connectivity index (χ0v) is 15.7. The Morgan fingerprint density at radius 1 is 1.11 bits per heavy atom. The van der Waals surface area contributed by atoms with Gasteiger partial charge < -0.3 is 19.9 Å². The van der Waals surface area contributed by atoms with Crippen LogP contribution in [0, 0.1) is 5.92 Å². The van der Waals surface area contributed by atoms with Crippen LogP contribution in [-0.4, -0.2) is 38.0 Å². The van der Waals surface area contributed by atoms with Crippen molar-refractivity contribution in [2.24, 2.45) is 5.92 Å². The summed E-state index contributed by atoms with van der Waals surface area (Å²) in [6, 6.07) is 13.6. The van der Waals surface area contributed by atoms with E-state index < -0.39 is 6.10 Å². The maximum atomic E-state index is 10.3. The summed E-state index contributed by atoms with van der Waals surface area (Å²) in [7, 11) is 0. The van der Waals surface area contributed by atoms with Crippen molar-refractivity contribution in [3.63, 3.8) is 0 Å². The summed E-state index contributed by atoms with van der Waals surface area (Å²) >= 11 is 5.90. The Hall–Kier alpha value is -1.83. The van der Waals surface area contributed by atoms with E-state index >= 15 is 0 Å². The molecule has 0 spiro atoms. The summed E-state index contributed by atoms with van der Waals surface area (Å²) in [5.41, 5.74) is 8.60. The molecule has 144 valence electrons. The molecule has 2 aliphatic rings. The maximum absolute atomic E-state index is 10.3. The van der Waals surface area contributed by atoms with Gasteiger partial charge in [-0.05, 0) is 35.4 Å². The second kappa shape index (κ2) is 8.46. The number of ether oxygens (including phenoxy) is 2. The lowest BCUT2D eigenvalue weighted by Gasteiger charge is -2.23. The van der Waals surface area contributed by atoms with Gasteiger partial charge in [0, 0.05) is 30.6 Å². The predicted molar refractivity (Wildman–Crippen MR) is 104 cm³/mol. The predicted octanol–water partition coefficient (Wildman–Crippen LogP) is 2.20. The van der Waals surface area contributed by atoms with Gasteiger partial charge in [0.15, 0.2) is 11.5 Å². The van der Waals surface area contributed by atoms with Crippen molar-refractivity contribution >= 4 is 11.6 Å². The van der Waals surface area contributed by atoms with Crippen LogP contribution in [0.25, 0.3) is 0 Å². The normalized spacial score (nSPS) is 22.6. The van der Waals surface area contributed by atoms with E-state index in [1.807, 2.05) is 18.2 Å². The van der Waals surface area contributed by atoms with Gasteiger partial charge in [0.05, 0.1) is 12.1 Å². The van der Waals surface area contributed by atoms with Gasteiger partial charge in [-0.2, -0.15) is 0 Å². The van der Waals surface area contributed by atoms with Crippen LogP contribution < -0.4 is 25.6 Å². The lowest BCUT2D eigenvalue weighted by atomic mass is 9.94. The number of fused-ring (bicyclic) bond motifs is 1. The van der Waals surface area contributed by atoms with Gasteiger partial charge >= 0.3 is 0 Å². The van der Waals surface area contributed by atoms with Gasteiger partial charge in [0.1, 0.15) is 13.2 Å². The number of hydrazine groups is 1. The minimum absolute atomic E-state index is 0.168. The quantitative estimate of drug-likeness (QED) is 0.607. The minimum Gasteiger partial charge on any atom is -0.486 e. The van der Waals surface area contributed by atoms with Gasteiger partial charge in [-0.25, -0.2) is 5.43 Å². The first kappa shape index (κ1) is 18.5. The van der Waals surface area contributed by atoms with E-state index in [2.05, 4.69) is 28.3 Å². The number of halogens is 1. The molecule has 2 aromatic rings. The fraction of sp³-hybridized carbons (Fsp3) is 0.400. The number of nitrogens with one attached hydrogen (secondary N) is 3. The van der Waals surface area contributed by atoms with Crippen LogP contribution in [0.1, 0.15) is 23.3 Å². The van der Waals surface area contributed by atoms with E-state index in [4.69, 9.17) is 21.1 Å². The second-order valence-corrected chi connectivity index (χ2v) is 7.33. The lowest BCUT2D eigenvalue weighted by Crippen LogP contribution is -2.31. The molecule has 27 heavy (non-hydrogen) atoms. The van der Waals surface area contributed by atoms with Crippen molar-refractivity contribution < 1.29 is 14.6 Å². The molecule has 2 heterocycles. The van der Waals surface area contributed by atoms with Crippen LogP contribution in [0.5, 0.6) is 11.5 Å². The Kier molecular flexibility index (Phi) is 5.80. The topological polar surface area (TPSA) is 74.8 Å². The van der Waals surface area contributed by atoms with Gasteiger partial charge in [-0.15, -0.1) is 0 Å². The summed E-state index contributed by atoms with van der Waals surface area (Å²) in [5, 5.41) is 14.4. The van der Waals surface area contributed by atoms with Gasteiger partial charge in [-0.3, -0.25) is 5.43 Å². The van der Waals surface area contributed by atoms with Crippen LogP contribution in [-0.2, 0) is 0 Å². The first-order valence-electron chi connectivity index (χ1n) is 9.23. The van der Waals surface area contributed by atoms with Gasteiger partial charge in [-0.1, -0.05) is 29.8 Å². The number of hydrogen-bond donors (Lipinski definition) is 4. The highest BCUT2D eigenvalue weighted by atomic mass is 35.5. The molecule has 0 aliphatic carbocycles. The van der Waals surface area contributed by atoms with Crippen molar-refractivity contribution in [3.05, 3.63) is 58.6 Å². The zero-order valence-electron chi connectivity index (χ0n) is 15.0. The number of benzene rings is 2. The molecule has 0 amide bonds. The first-order chi connectivity index (χ1) is 13.2. The molecule has 0 radical (unpaired) electrons. The molecule has 4 N–H and O–H groups in total. The Morgan fingerprint density at radius 3 is 2.70 bits per heavy atom. The van der Waals surface area contributed by atoms with E-state index in [0.717, 1.165) is 35.7 Å². The highest BCUT2D eigenvalue weighted by molar-refractivity contribution is 6.30. The van der Waals surface area contributed by atoms with Crippen LogP contribution in [0.4, 0.5) is 0 Å². The summed E-state index contributed by atoms with van der Waals surface area (Å²) in [6.07, 6.45) is -0.558. The fourth-order valence-corrected chi connectivity index (χ4v) is 3.67. The highest BCUT2D eigenvalue weighted by Crippen LogP contribution is 2.35. The molecule has 7 heteroatoms. The van der Waals surface area contributed by atoms with Gasteiger partial charge in [0.2, 0.25) is 0 Å². The maximum Gasteiger partial charge on any atom is 0.161 e. The van der Waals surface area contributed by atoms with Crippen molar-refractivity contribution in [1.82, 2.24) is 16.2 Å². The van der Waals surface area contributed by atoms with Gasteiger partial charge in [0.25, 0.3) is 0 Å². The molecular weight excluding hydrogens is 366 g/mol. The minimum atomic E-state index is -0.558. The highest BCUT2D eigenvalue weighted by Gasteiger charge is 2.29. The Bertz CT molecular complexity index is 772. The molecular formula is C20H24ClN3O3. The lowest BCUT2D eigenvalue weighted by molar-refractivity contribution is 0.170. The summed E-state index contributed by atoms with van der Waals surface area (Å²) < 4.78 is 11.3. The molecule has 1 saturated heterocycles. The molecule has 0 saturated carbocycles. The van der Waals surface area contributed by atoms with Crippen molar-refractivity contribution in [2.45, 2.75) is 12.1 Å². The van der Waals surface area contributed by atoms with Crippen molar-refractivity contribution in [3.8, 4) is 11.5 Å². The number of aliphatic hydroxyl groups is 1. The van der Waals surface area contributed by atoms with E-state index in [0.29, 0.717) is 30.7 Å². The largest absolute Gasteiger partial charge is 0.486 e. The average Bonchev–Trinajstić information content (AvgIpc) is 3.16. The monoisotopic (exact) mass is 389 g/mol. The second-order valence-electron chi connectivity index (χ2n) is 6.89. The van der Waals surface area contributed by atoms with Crippen LogP contribution >= 0.6 is 11.6 Å². The van der Waals surface area contributed by atoms with Crippen LogP contribution in [0.2, 0.25) is 5.02 Å². The summed E-state index contributed by atoms with van der Waals surface area (Å²) in [5.74, 6) is 1.96. The fourth-order valence-electron chi connectivity index (χ4n) is 3.54. The van der Waals surface area contributed by atoms with Crippen molar-refractivity contribution in [1.29, 1.82) is 0 Å². The number of aliphatic hydroxyl groups excluding tert-OH is 1. The number of hydrogen-bond acceptors (Lipinski definition) is 6. The SMILES string of the molecule is OC(CNCC1CNNC1c1ccc2c(c1)OCCO2)c1ccc(Cl)cc1. The molecule has 1 fully saturated rings. The molecule has 4 rings (SSSR count). The molecule has 0 bridgehead atoms. The third-order valence-corrected chi connectivity index (χ3v) is 5.27. The molecule has 2 aliphatic heterocycles. The van der Waals surface area contributed by atoms with Crippen LogP contribution in [0.15, 0.2) is 42.5 Å². The third kappa shape index (κ3) is 4.36. The third-order valence-electron chi connectivity index (χ3n) is 5.02. The molecule has 3 atom stereocenters. The number of rotatable bonds is 6. The Labute approximate surface area is 163 Å². The molecule has 3 unspecified atom stereocenters. The van der Waals surface area contributed by atoms with Crippen LogP contribution in [0.3, 0.4) is 0 Å². The standard InChI is InChI=1S/C20H24ClN3O3/c21-16-4-1-13(2-5-16)17(25)12-22-10-15-11-23-24-20(15)14-3-6-18-19(9-14)27-8-7-26-18/h1-6,9,15,17,20,22-25H,7-8,10-12H2. The molecule has 0 aromatic heterocycles. The Balaban J connectivity index is 1.34. The van der Waals surface area contributed by atoms with E-state index in [-0.39, 0.29) is 6.04 Å². The van der Waals surface area contributed by atoms with Crippen molar-refractivity contribution in [2.75, 3.05) is 32.8 Å². The zero-order chi connectivity index (χ0) is 18.6.